The molecule has 24 heavy (non-hydrogen) atoms. The van der Waals surface area contributed by atoms with Crippen LogP contribution in [-0.4, -0.2) is 11.5 Å². The Hall–Kier alpha value is -2.52. The van der Waals surface area contributed by atoms with E-state index in [0.717, 1.165) is 16.5 Å². The fraction of sp³-hybridized carbons (Fsp3) is 0.150. The van der Waals surface area contributed by atoms with E-state index in [9.17, 15) is 4.79 Å². The summed E-state index contributed by atoms with van der Waals surface area (Å²) in [6, 6.07) is 20.7. The van der Waals surface area contributed by atoms with E-state index in [1.54, 1.807) is 38.1 Å². The maximum Gasteiger partial charge on any atom is 0.267 e. The van der Waals surface area contributed by atoms with E-state index in [-0.39, 0.29) is 5.91 Å². The van der Waals surface area contributed by atoms with E-state index in [2.05, 4.69) is 5.32 Å². The largest absolute Gasteiger partial charge is 0.478 e. The molecule has 1 amide bonds. The first-order valence-corrected chi connectivity index (χ1v) is 8.07. The van der Waals surface area contributed by atoms with Crippen LogP contribution in [0.3, 0.4) is 0 Å². The number of ether oxygens (including phenoxy) is 1. The first kappa shape index (κ1) is 16.3. The number of fused-ring (bicyclic) bond motifs is 1. The molecule has 1 N–H and O–H groups in total. The molecule has 0 aromatic heterocycles. The summed E-state index contributed by atoms with van der Waals surface area (Å²) in [5.74, 6) is 0.381. The molecule has 3 rings (SSSR count). The molecule has 0 aliphatic carbocycles. The summed E-state index contributed by atoms with van der Waals surface area (Å²) in [6.07, 6.45) is 0. The molecule has 0 unspecified atom stereocenters. The van der Waals surface area contributed by atoms with E-state index < -0.39 is 5.60 Å². The standard InChI is InChI=1S/C20H18ClNO2/c1-20(2,24-16-12-10-15(21)11-13-16)19(23)22-18-9-5-7-14-6-3-4-8-17(14)18/h3-13H,1-2H3,(H,22,23). The van der Waals surface area contributed by atoms with Crippen molar-refractivity contribution in [2.45, 2.75) is 19.4 Å². The van der Waals surface area contributed by atoms with Gasteiger partial charge in [0.25, 0.3) is 5.91 Å². The van der Waals surface area contributed by atoms with E-state index in [1.165, 1.54) is 0 Å². The van der Waals surface area contributed by atoms with Gasteiger partial charge in [0, 0.05) is 16.1 Å². The number of nitrogens with one attached hydrogen (secondary N) is 1. The Morgan fingerprint density at radius 3 is 2.38 bits per heavy atom. The second-order valence-corrected chi connectivity index (χ2v) is 6.48. The van der Waals surface area contributed by atoms with Gasteiger partial charge in [0.05, 0.1) is 0 Å². The molecule has 4 heteroatoms. The van der Waals surface area contributed by atoms with Crippen molar-refractivity contribution in [2.75, 3.05) is 5.32 Å². The third kappa shape index (κ3) is 3.52. The summed E-state index contributed by atoms with van der Waals surface area (Å²) in [5, 5.41) is 5.66. The lowest BCUT2D eigenvalue weighted by molar-refractivity contribution is -0.128. The Kier molecular flexibility index (Phi) is 4.45. The predicted molar refractivity (Wildman–Crippen MR) is 98.7 cm³/mol. The quantitative estimate of drug-likeness (QED) is 0.701. The van der Waals surface area contributed by atoms with Gasteiger partial charge in [-0.05, 0) is 49.6 Å². The van der Waals surface area contributed by atoms with Crippen LogP contribution in [0.2, 0.25) is 5.02 Å². The van der Waals surface area contributed by atoms with Gasteiger partial charge in [0.15, 0.2) is 5.60 Å². The van der Waals surface area contributed by atoms with Crippen LogP contribution >= 0.6 is 11.6 Å². The summed E-state index contributed by atoms with van der Waals surface area (Å²) < 4.78 is 5.83. The highest BCUT2D eigenvalue weighted by molar-refractivity contribution is 6.30. The van der Waals surface area contributed by atoms with Crippen LogP contribution in [0.25, 0.3) is 10.8 Å². The second kappa shape index (κ2) is 6.54. The number of carbonyl (C=O) groups excluding carboxylic acids is 1. The molecule has 0 atom stereocenters. The van der Waals surface area contributed by atoms with Crippen molar-refractivity contribution in [3.63, 3.8) is 0 Å². The van der Waals surface area contributed by atoms with Gasteiger partial charge < -0.3 is 10.1 Å². The number of halogens is 1. The maximum atomic E-state index is 12.7. The number of carbonyl (C=O) groups is 1. The molecule has 122 valence electrons. The summed E-state index contributed by atoms with van der Waals surface area (Å²) in [5.41, 5.74) is -0.254. The van der Waals surface area contributed by atoms with Gasteiger partial charge in [-0.3, -0.25) is 4.79 Å². The normalized spacial score (nSPS) is 11.3. The average Bonchev–Trinajstić information content (AvgIpc) is 2.57. The number of hydrogen-bond donors (Lipinski definition) is 1. The highest BCUT2D eigenvalue weighted by Gasteiger charge is 2.30. The first-order chi connectivity index (χ1) is 11.5. The van der Waals surface area contributed by atoms with Crippen LogP contribution in [0.1, 0.15) is 13.8 Å². The lowest BCUT2D eigenvalue weighted by Gasteiger charge is -2.25. The average molecular weight is 340 g/mol. The Morgan fingerprint density at radius 2 is 1.62 bits per heavy atom. The third-order valence-corrected chi connectivity index (χ3v) is 4.02. The zero-order valence-electron chi connectivity index (χ0n) is 13.5. The molecule has 0 radical (unpaired) electrons. The fourth-order valence-corrected chi connectivity index (χ4v) is 2.58. The molecular formula is C20H18ClNO2. The molecule has 0 fully saturated rings. The number of rotatable bonds is 4. The van der Waals surface area contributed by atoms with Crippen LogP contribution < -0.4 is 10.1 Å². The highest BCUT2D eigenvalue weighted by Crippen LogP contribution is 2.26. The molecular weight excluding hydrogens is 322 g/mol. The van der Waals surface area contributed by atoms with Crippen molar-refractivity contribution in [1.82, 2.24) is 0 Å². The van der Waals surface area contributed by atoms with E-state index in [4.69, 9.17) is 16.3 Å². The highest BCUT2D eigenvalue weighted by atomic mass is 35.5. The van der Waals surface area contributed by atoms with Crippen molar-refractivity contribution in [3.8, 4) is 5.75 Å². The van der Waals surface area contributed by atoms with E-state index in [0.29, 0.717) is 10.8 Å². The molecule has 3 nitrogen and oxygen atoms in total. The summed E-state index contributed by atoms with van der Waals surface area (Å²) in [7, 11) is 0. The lowest BCUT2D eigenvalue weighted by atomic mass is 10.1. The lowest BCUT2D eigenvalue weighted by Crippen LogP contribution is -2.42. The Morgan fingerprint density at radius 1 is 0.958 bits per heavy atom. The Balaban J connectivity index is 1.81. The van der Waals surface area contributed by atoms with Crippen molar-refractivity contribution in [3.05, 3.63) is 71.8 Å². The van der Waals surface area contributed by atoms with Gasteiger partial charge in [-0.1, -0.05) is 48.0 Å². The molecule has 0 saturated heterocycles. The minimum Gasteiger partial charge on any atom is -0.478 e. The first-order valence-electron chi connectivity index (χ1n) is 7.69. The zero-order valence-corrected chi connectivity index (χ0v) is 14.3. The number of benzene rings is 3. The van der Waals surface area contributed by atoms with Crippen LogP contribution in [-0.2, 0) is 4.79 Å². The summed E-state index contributed by atoms with van der Waals surface area (Å²) >= 11 is 5.87. The third-order valence-electron chi connectivity index (χ3n) is 3.77. The van der Waals surface area contributed by atoms with Crippen LogP contribution in [0.15, 0.2) is 66.7 Å². The van der Waals surface area contributed by atoms with Gasteiger partial charge in [0.2, 0.25) is 0 Å². The molecule has 0 aliphatic heterocycles. The minimum absolute atomic E-state index is 0.214. The summed E-state index contributed by atoms with van der Waals surface area (Å²) in [6.45, 7) is 3.48. The van der Waals surface area contributed by atoms with Crippen molar-refractivity contribution >= 4 is 34.0 Å². The van der Waals surface area contributed by atoms with Crippen LogP contribution in [0.5, 0.6) is 5.75 Å². The number of amides is 1. The number of hydrogen-bond acceptors (Lipinski definition) is 2. The molecule has 0 bridgehead atoms. The smallest absolute Gasteiger partial charge is 0.267 e. The van der Waals surface area contributed by atoms with Gasteiger partial charge in [-0.15, -0.1) is 0 Å². The zero-order chi connectivity index (χ0) is 17.2. The molecule has 0 heterocycles. The van der Waals surface area contributed by atoms with Crippen molar-refractivity contribution in [1.29, 1.82) is 0 Å². The predicted octanol–water partition coefficient (Wildman–Crippen LogP) is 5.29. The minimum atomic E-state index is -1.02. The van der Waals surface area contributed by atoms with Gasteiger partial charge in [0.1, 0.15) is 5.75 Å². The van der Waals surface area contributed by atoms with E-state index in [1.807, 2.05) is 42.5 Å². The second-order valence-electron chi connectivity index (χ2n) is 6.05. The van der Waals surface area contributed by atoms with Crippen LogP contribution in [0, 0.1) is 0 Å². The maximum absolute atomic E-state index is 12.7. The molecule has 0 saturated carbocycles. The van der Waals surface area contributed by atoms with Crippen molar-refractivity contribution < 1.29 is 9.53 Å². The SMILES string of the molecule is CC(C)(Oc1ccc(Cl)cc1)C(=O)Nc1cccc2ccccc12. The molecule has 3 aromatic rings. The Labute approximate surface area is 146 Å². The monoisotopic (exact) mass is 339 g/mol. The topological polar surface area (TPSA) is 38.3 Å². The molecule has 0 spiro atoms. The van der Waals surface area contributed by atoms with Gasteiger partial charge >= 0.3 is 0 Å². The summed E-state index contributed by atoms with van der Waals surface area (Å²) in [4.78, 5) is 12.7. The number of anilines is 1. The van der Waals surface area contributed by atoms with Gasteiger partial charge in [-0.2, -0.15) is 0 Å². The van der Waals surface area contributed by atoms with Crippen molar-refractivity contribution in [2.24, 2.45) is 0 Å². The fourth-order valence-electron chi connectivity index (χ4n) is 2.45. The molecule has 0 aliphatic rings. The van der Waals surface area contributed by atoms with Gasteiger partial charge in [-0.25, -0.2) is 0 Å². The Bertz CT molecular complexity index is 867. The molecule has 3 aromatic carbocycles. The van der Waals surface area contributed by atoms with E-state index >= 15 is 0 Å². The van der Waals surface area contributed by atoms with Crippen LogP contribution in [0.4, 0.5) is 5.69 Å².